The molecule has 6 nitrogen and oxygen atoms in total. The predicted molar refractivity (Wildman–Crippen MR) is 82.1 cm³/mol. The number of nitrogens with one attached hydrogen (secondary N) is 2. The molecule has 0 unspecified atom stereocenters. The monoisotopic (exact) mass is 356 g/mol. The second kappa shape index (κ2) is 8.41. The molecule has 0 aromatic heterocycles. The zero-order chi connectivity index (χ0) is 15.8. The van der Waals surface area contributed by atoms with Crippen LogP contribution in [0.15, 0.2) is 22.7 Å². The van der Waals surface area contributed by atoms with Gasteiger partial charge in [0.15, 0.2) is 0 Å². The fourth-order valence-corrected chi connectivity index (χ4v) is 1.96. The van der Waals surface area contributed by atoms with Gasteiger partial charge in [0.25, 0.3) is 0 Å². The number of rotatable bonds is 6. The molecule has 0 heterocycles. The Morgan fingerprint density at radius 2 is 1.86 bits per heavy atom. The number of carboxylic acid groups (broad SMARTS) is 1. The maximum atomic E-state index is 11.6. The molecule has 0 atom stereocenters. The molecule has 0 bridgehead atoms. The number of hydrogen-bond acceptors (Lipinski definition) is 3. The highest BCUT2D eigenvalue weighted by Crippen LogP contribution is 2.20. The van der Waals surface area contributed by atoms with Gasteiger partial charge >= 0.3 is 12.0 Å². The van der Waals surface area contributed by atoms with Gasteiger partial charge in [-0.1, -0.05) is 22.0 Å². The molecule has 0 aliphatic rings. The number of imide groups is 1. The van der Waals surface area contributed by atoms with E-state index >= 15 is 0 Å². The van der Waals surface area contributed by atoms with Gasteiger partial charge in [0.2, 0.25) is 5.91 Å². The summed E-state index contributed by atoms with van der Waals surface area (Å²) in [5.74, 6) is -1.32. The van der Waals surface area contributed by atoms with E-state index in [1.807, 2.05) is 13.0 Å². The Labute approximate surface area is 131 Å². The van der Waals surface area contributed by atoms with Crippen LogP contribution in [-0.4, -0.2) is 23.0 Å². The van der Waals surface area contributed by atoms with Crippen LogP contribution in [0, 0.1) is 6.92 Å². The number of aryl methyl sites for hydroxylation is 1. The molecule has 0 fully saturated rings. The van der Waals surface area contributed by atoms with Crippen LogP contribution in [0.5, 0.6) is 0 Å². The van der Waals surface area contributed by atoms with Crippen molar-refractivity contribution in [3.63, 3.8) is 0 Å². The van der Waals surface area contributed by atoms with Crippen molar-refractivity contribution in [3.05, 3.63) is 28.2 Å². The Balaban J connectivity index is 2.34. The number of hydrogen-bond donors (Lipinski definition) is 3. The minimum atomic E-state index is -0.891. The molecule has 21 heavy (non-hydrogen) atoms. The first kappa shape index (κ1) is 17.2. The van der Waals surface area contributed by atoms with Crippen LogP contribution in [0.25, 0.3) is 0 Å². The molecule has 0 saturated carbocycles. The fourth-order valence-electron chi connectivity index (χ4n) is 1.58. The number of amides is 3. The van der Waals surface area contributed by atoms with Crippen molar-refractivity contribution in [1.82, 2.24) is 5.32 Å². The number of urea groups is 1. The van der Waals surface area contributed by atoms with Crippen LogP contribution in [-0.2, 0) is 9.59 Å². The van der Waals surface area contributed by atoms with E-state index in [9.17, 15) is 14.4 Å². The summed E-state index contributed by atoms with van der Waals surface area (Å²) in [5, 5.41) is 13.2. The number of anilines is 1. The molecule has 0 spiro atoms. The van der Waals surface area contributed by atoms with Crippen LogP contribution >= 0.6 is 15.9 Å². The van der Waals surface area contributed by atoms with Crippen LogP contribution < -0.4 is 10.6 Å². The van der Waals surface area contributed by atoms with E-state index < -0.39 is 17.9 Å². The molecular weight excluding hydrogens is 340 g/mol. The highest BCUT2D eigenvalue weighted by atomic mass is 79.9. The van der Waals surface area contributed by atoms with Gasteiger partial charge in [-0.3, -0.25) is 14.9 Å². The number of unbranched alkanes of at least 4 members (excludes halogenated alkanes) is 1. The van der Waals surface area contributed by atoms with Crippen molar-refractivity contribution in [2.45, 2.75) is 32.6 Å². The Kier molecular flexibility index (Phi) is 6.87. The van der Waals surface area contributed by atoms with Gasteiger partial charge in [0.1, 0.15) is 0 Å². The highest BCUT2D eigenvalue weighted by molar-refractivity contribution is 9.10. The molecule has 0 saturated heterocycles. The van der Waals surface area contributed by atoms with Gasteiger partial charge in [0.05, 0.1) is 0 Å². The third kappa shape index (κ3) is 6.89. The molecule has 0 aliphatic heterocycles. The lowest BCUT2D eigenvalue weighted by atomic mass is 10.2. The van der Waals surface area contributed by atoms with Crippen molar-refractivity contribution in [3.8, 4) is 0 Å². The highest BCUT2D eigenvalue weighted by Gasteiger charge is 2.08. The van der Waals surface area contributed by atoms with Gasteiger partial charge in [-0.2, -0.15) is 0 Å². The molecule has 0 aliphatic carbocycles. The Morgan fingerprint density at radius 3 is 2.48 bits per heavy atom. The standard InChI is InChI=1S/C14H17BrN2O4/c1-9-6-7-10(8-11(9)15)16-14(21)17-12(18)4-2-3-5-13(19)20/h6-8H,2-5H2,1H3,(H,19,20)(H2,16,17,18,21). The zero-order valence-corrected chi connectivity index (χ0v) is 13.2. The van der Waals surface area contributed by atoms with Crippen molar-refractivity contribution in [2.75, 3.05) is 5.32 Å². The normalized spacial score (nSPS) is 10.0. The van der Waals surface area contributed by atoms with Gasteiger partial charge in [-0.15, -0.1) is 0 Å². The summed E-state index contributed by atoms with van der Waals surface area (Å²) in [6.45, 7) is 1.93. The van der Waals surface area contributed by atoms with Gasteiger partial charge in [-0.05, 0) is 37.5 Å². The minimum absolute atomic E-state index is 0.0247. The van der Waals surface area contributed by atoms with Gasteiger partial charge in [0, 0.05) is 23.0 Å². The molecular formula is C14H17BrN2O4. The Bertz CT molecular complexity index is 546. The summed E-state index contributed by atoms with van der Waals surface area (Å²) in [4.78, 5) is 33.4. The third-order valence-corrected chi connectivity index (χ3v) is 3.58. The summed E-state index contributed by atoms with van der Waals surface area (Å²) in [7, 11) is 0. The molecule has 114 valence electrons. The summed E-state index contributed by atoms with van der Waals surface area (Å²) in [6, 6.07) is 4.71. The Morgan fingerprint density at radius 1 is 1.19 bits per heavy atom. The van der Waals surface area contributed by atoms with Crippen LogP contribution in [0.4, 0.5) is 10.5 Å². The third-order valence-electron chi connectivity index (χ3n) is 2.73. The molecule has 0 radical (unpaired) electrons. The van der Waals surface area contributed by atoms with E-state index in [0.717, 1.165) is 10.0 Å². The van der Waals surface area contributed by atoms with E-state index in [1.54, 1.807) is 12.1 Å². The van der Waals surface area contributed by atoms with Gasteiger partial charge < -0.3 is 10.4 Å². The average molecular weight is 357 g/mol. The molecule has 1 aromatic carbocycles. The lowest BCUT2D eigenvalue weighted by Gasteiger charge is -2.08. The molecule has 1 aromatic rings. The smallest absolute Gasteiger partial charge is 0.325 e. The number of carbonyl (C=O) groups is 3. The van der Waals surface area contributed by atoms with E-state index in [2.05, 4.69) is 26.6 Å². The summed E-state index contributed by atoms with van der Waals surface area (Å²) in [5.41, 5.74) is 1.61. The van der Waals surface area contributed by atoms with Crippen molar-refractivity contribution < 1.29 is 19.5 Å². The fraction of sp³-hybridized carbons (Fsp3) is 0.357. The lowest BCUT2D eigenvalue weighted by molar-refractivity contribution is -0.137. The van der Waals surface area contributed by atoms with Crippen LogP contribution in [0.2, 0.25) is 0 Å². The van der Waals surface area contributed by atoms with E-state index in [1.165, 1.54) is 0 Å². The second-order valence-electron chi connectivity index (χ2n) is 4.57. The maximum Gasteiger partial charge on any atom is 0.325 e. The average Bonchev–Trinajstić information content (AvgIpc) is 2.38. The first-order valence-electron chi connectivity index (χ1n) is 6.47. The summed E-state index contributed by atoms with van der Waals surface area (Å²) in [6.07, 6.45) is 0.992. The van der Waals surface area contributed by atoms with Crippen LogP contribution in [0.1, 0.15) is 31.2 Å². The van der Waals surface area contributed by atoms with Gasteiger partial charge in [-0.25, -0.2) is 4.79 Å². The largest absolute Gasteiger partial charge is 0.481 e. The SMILES string of the molecule is Cc1ccc(NC(=O)NC(=O)CCCCC(=O)O)cc1Br. The predicted octanol–water partition coefficient (Wildman–Crippen LogP) is 3.05. The lowest BCUT2D eigenvalue weighted by Crippen LogP contribution is -2.34. The number of aliphatic carboxylic acids is 1. The van der Waals surface area contributed by atoms with Crippen molar-refractivity contribution in [2.24, 2.45) is 0 Å². The quantitative estimate of drug-likeness (QED) is 0.682. The first-order valence-corrected chi connectivity index (χ1v) is 7.26. The Hall–Kier alpha value is -1.89. The molecule has 3 N–H and O–H groups in total. The first-order chi connectivity index (χ1) is 9.88. The van der Waals surface area contributed by atoms with E-state index in [4.69, 9.17) is 5.11 Å². The second-order valence-corrected chi connectivity index (χ2v) is 5.42. The van der Waals surface area contributed by atoms with E-state index in [-0.39, 0.29) is 12.8 Å². The maximum absolute atomic E-state index is 11.6. The number of benzene rings is 1. The number of carboxylic acids is 1. The zero-order valence-electron chi connectivity index (χ0n) is 11.6. The topological polar surface area (TPSA) is 95.5 Å². The van der Waals surface area contributed by atoms with Crippen molar-refractivity contribution in [1.29, 1.82) is 0 Å². The molecule has 1 rings (SSSR count). The van der Waals surface area contributed by atoms with Crippen LogP contribution in [0.3, 0.4) is 0 Å². The number of carbonyl (C=O) groups excluding carboxylic acids is 2. The molecule has 7 heteroatoms. The van der Waals surface area contributed by atoms with E-state index in [0.29, 0.717) is 18.5 Å². The molecule has 3 amide bonds. The minimum Gasteiger partial charge on any atom is -0.481 e. The summed E-state index contributed by atoms with van der Waals surface area (Å²) >= 11 is 3.35. The number of halogens is 1. The summed E-state index contributed by atoms with van der Waals surface area (Å²) < 4.78 is 0.861. The van der Waals surface area contributed by atoms with Crippen molar-refractivity contribution >= 4 is 39.5 Å².